The lowest BCUT2D eigenvalue weighted by molar-refractivity contribution is -0.142. The van der Waals surface area contributed by atoms with Crippen LogP contribution in [0.4, 0.5) is 0 Å². The van der Waals surface area contributed by atoms with Gasteiger partial charge in [0.05, 0.1) is 19.3 Å². The van der Waals surface area contributed by atoms with Crippen molar-refractivity contribution in [3.8, 4) is 0 Å². The lowest BCUT2D eigenvalue weighted by Gasteiger charge is -2.18. The Morgan fingerprint density at radius 1 is 1.59 bits per heavy atom. The third kappa shape index (κ3) is 3.44. The van der Waals surface area contributed by atoms with Crippen molar-refractivity contribution in [2.45, 2.75) is 20.4 Å². The normalized spacial score (nSPS) is 10.9. The van der Waals surface area contributed by atoms with E-state index in [2.05, 4.69) is 9.84 Å². The van der Waals surface area contributed by atoms with E-state index in [0.29, 0.717) is 11.7 Å². The predicted molar refractivity (Wildman–Crippen MR) is 65.9 cm³/mol. The zero-order valence-corrected chi connectivity index (χ0v) is 11.4. The van der Waals surface area contributed by atoms with Crippen LogP contribution >= 0.6 is 11.6 Å². The number of carbonyl (C=O) groups is 1. The zero-order valence-electron chi connectivity index (χ0n) is 10.7. The Morgan fingerprint density at radius 3 is 2.65 bits per heavy atom. The number of esters is 1. The molecular weight excluding hydrogens is 242 g/mol. The first-order valence-corrected chi connectivity index (χ1v) is 5.84. The predicted octanol–water partition coefficient (Wildman–Crippen LogP) is 1.38. The highest BCUT2D eigenvalue weighted by atomic mass is 35.5. The lowest BCUT2D eigenvalue weighted by atomic mass is 10.2. The number of nitrogens with zero attached hydrogens (tertiary/aromatic N) is 3. The molecule has 0 saturated heterocycles. The third-order valence-corrected chi connectivity index (χ3v) is 3.15. The van der Waals surface area contributed by atoms with Crippen LogP contribution in [-0.4, -0.2) is 40.8 Å². The second kappa shape index (κ2) is 6.02. The molecule has 5 nitrogen and oxygen atoms in total. The molecule has 1 aromatic heterocycles. The van der Waals surface area contributed by atoms with Crippen molar-refractivity contribution < 1.29 is 9.53 Å². The average molecular weight is 260 g/mol. The van der Waals surface area contributed by atoms with Crippen LogP contribution < -0.4 is 0 Å². The van der Waals surface area contributed by atoms with Gasteiger partial charge in [0.25, 0.3) is 0 Å². The molecule has 17 heavy (non-hydrogen) atoms. The number of ether oxygens (including phenoxy) is 1. The number of methoxy groups -OCH3 is 1. The number of likely N-dealkylation sites (N-methyl/N-ethyl adjacent to an activating group) is 1. The first-order valence-electron chi connectivity index (χ1n) is 5.46. The van der Waals surface area contributed by atoms with Crippen molar-refractivity contribution in [2.24, 2.45) is 7.05 Å². The second-order valence-corrected chi connectivity index (χ2v) is 4.22. The molecule has 0 atom stereocenters. The van der Waals surface area contributed by atoms with Crippen LogP contribution in [0.25, 0.3) is 0 Å². The van der Waals surface area contributed by atoms with E-state index in [1.807, 2.05) is 18.7 Å². The molecule has 0 aromatic carbocycles. The maximum absolute atomic E-state index is 11.2. The van der Waals surface area contributed by atoms with E-state index in [1.54, 1.807) is 11.7 Å². The first-order chi connectivity index (χ1) is 7.99. The summed E-state index contributed by atoms with van der Waals surface area (Å²) in [6.45, 7) is 5.51. The van der Waals surface area contributed by atoms with Crippen LogP contribution in [0.1, 0.15) is 18.2 Å². The Balaban J connectivity index is 2.77. The molecule has 0 spiro atoms. The Kier molecular flexibility index (Phi) is 4.96. The topological polar surface area (TPSA) is 47.4 Å². The molecule has 96 valence electrons. The van der Waals surface area contributed by atoms with Crippen LogP contribution in [0.3, 0.4) is 0 Å². The van der Waals surface area contributed by atoms with E-state index in [9.17, 15) is 4.79 Å². The molecule has 0 saturated carbocycles. The van der Waals surface area contributed by atoms with E-state index in [0.717, 1.165) is 17.8 Å². The molecule has 1 aromatic rings. The minimum atomic E-state index is -0.246. The van der Waals surface area contributed by atoms with Crippen molar-refractivity contribution >= 4 is 17.6 Å². The Morgan fingerprint density at radius 2 is 2.24 bits per heavy atom. The highest BCUT2D eigenvalue weighted by Gasteiger charge is 2.16. The number of rotatable bonds is 5. The SMILES string of the molecule is CCN(CC(=O)OC)Cc1c(C)nn(C)c1Cl. The monoisotopic (exact) mass is 259 g/mol. The Hall–Kier alpha value is -1.07. The maximum Gasteiger partial charge on any atom is 0.319 e. The molecular formula is C11H18ClN3O2. The number of halogens is 1. The van der Waals surface area contributed by atoms with Gasteiger partial charge in [-0.3, -0.25) is 14.4 Å². The fraction of sp³-hybridized carbons (Fsp3) is 0.636. The molecule has 0 aliphatic carbocycles. The molecule has 0 radical (unpaired) electrons. The van der Waals surface area contributed by atoms with Gasteiger partial charge in [0, 0.05) is 19.2 Å². The fourth-order valence-corrected chi connectivity index (χ4v) is 1.84. The van der Waals surface area contributed by atoms with Crippen LogP contribution in [0, 0.1) is 6.92 Å². The summed E-state index contributed by atoms with van der Waals surface area (Å²) in [5.41, 5.74) is 1.85. The van der Waals surface area contributed by atoms with Gasteiger partial charge in [0.15, 0.2) is 0 Å². The van der Waals surface area contributed by atoms with Gasteiger partial charge >= 0.3 is 5.97 Å². The van der Waals surface area contributed by atoms with Crippen LogP contribution in [0.5, 0.6) is 0 Å². The molecule has 1 rings (SSSR count). The highest BCUT2D eigenvalue weighted by molar-refractivity contribution is 6.30. The van der Waals surface area contributed by atoms with E-state index in [1.165, 1.54) is 7.11 Å². The molecule has 0 bridgehead atoms. The van der Waals surface area contributed by atoms with Gasteiger partial charge in [-0.2, -0.15) is 5.10 Å². The Labute approximate surface area is 106 Å². The summed E-state index contributed by atoms with van der Waals surface area (Å²) in [4.78, 5) is 13.2. The molecule has 6 heteroatoms. The molecule has 0 unspecified atom stereocenters. The van der Waals surface area contributed by atoms with Gasteiger partial charge in [0.1, 0.15) is 5.15 Å². The zero-order chi connectivity index (χ0) is 13.0. The van der Waals surface area contributed by atoms with Crippen molar-refractivity contribution in [1.29, 1.82) is 0 Å². The van der Waals surface area contributed by atoms with Crippen molar-refractivity contribution in [2.75, 3.05) is 20.2 Å². The lowest BCUT2D eigenvalue weighted by Crippen LogP contribution is -2.30. The molecule has 0 fully saturated rings. The molecule has 1 heterocycles. The molecule has 0 amide bonds. The summed E-state index contributed by atoms with van der Waals surface area (Å²) in [6, 6.07) is 0. The van der Waals surface area contributed by atoms with Gasteiger partial charge in [-0.1, -0.05) is 18.5 Å². The summed E-state index contributed by atoms with van der Waals surface area (Å²) in [6.07, 6.45) is 0. The minimum Gasteiger partial charge on any atom is -0.468 e. The van der Waals surface area contributed by atoms with Crippen LogP contribution in [0.15, 0.2) is 0 Å². The van der Waals surface area contributed by atoms with Gasteiger partial charge in [-0.15, -0.1) is 0 Å². The van der Waals surface area contributed by atoms with Gasteiger partial charge in [0.2, 0.25) is 0 Å². The summed E-state index contributed by atoms with van der Waals surface area (Å²) in [5.74, 6) is -0.246. The van der Waals surface area contributed by atoms with E-state index in [-0.39, 0.29) is 12.5 Å². The quantitative estimate of drug-likeness (QED) is 0.750. The highest BCUT2D eigenvalue weighted by Crippen LogP contribution is 2.20. The largest absolute Gasteiger partial charge is 0.468 e. The standard InChI is InChI=1S/C11H18ClN3O2/c1-5-15(7-10(16)17-4)6-9-8(2)13-14(3)11(9)12/h5-7H2,1-4H3. The summed E-state index contributed by atoms with van der Waals surface area (Å²) in [7, 11) is 3.19. The van der Waals surface area contributed by atoms with Crippen LogP contribution in [-0.2, 0) is 23.1 Å². The third-order valence-electron chi connectivity index (χ3n) is 2.68. The Bertz CT molecular complexity index is 404. The average Bonchev–Trinajstić information content (AvgIpc) is 2.54. The smallest absolute Gasteiger partial charge is 0.319 e. The van der Waals surface area contributed by atoms with E-state index in [4.69, 9.17) is 11.6 Å². The van der Waals surface area contributed by atoms with Gasteiger partial charge in [-0.25, -0.2) is 0 Å². The number of hydrogen-bond donors (Lipinski definition) is 0. The summed E-state index contributed by atoms with van der Waals surface area (Å²) >= 11 is 6.14. The van der Waals surface area contributed by atoms with Crippen molar-refractivity contribution in [3.05, 3.63) is 16.4 Å². The van der Waals surface area contributed by atoms with Crippen molar-refractivity contribution in [3.63, 3.8) is 0 Å². The van der Waals surface area contributed by atoms with Gasteiger partial charge < -0.3 is 4.74 Å². The van der Waals surface area contributed by atoms with Crippen molar-refractivity contribution in [1.82, 2.24) is 14.7 Å². The van der Waals surface area contributed by atoms with E-state index >= 15 is 0 Å². The first kappa shape index (κ1) is 14.0. The second-order valence-electron chi connectivity index (χ2n) is 3.86. The van der Waals surface area contributed by atoms with E-state index < -0.39 is 0 Å². The molecule has 0 aliphatic rings. The number of aryl methyl sites for hydroxylation is 2. The summed E-state index contributed by atoms with van der Waals surface area (Å²) in [5, 5.41) is 4.86. The van der Waals surface area contributed by atoms with Gasteiger partial charge in [-0.05, 0) is 13.5 Å². The number of carbonyl (C=O) groups excluding carboxylic acids is 1. The number of hydrogen-bond acceptors (Lipinski definition) is 4. The number of aromatic nitrogens is 2. The molecule has 0 N–H and O–H groups in total. The maximum atomic E-state index is 11.2. The minimum absolute atomic E-state index is 0.246. The fourth-order valence-electron chi connectivity index (χ4n) is 1.60. The molecule has 0 aliphatic heterocycles. The van der Waals surface area contributed by atoms with Crippen LogP contribution in [0.2, 0.25) is 5.15 Å². The summed E-state index contributed by atoms with van der Waals surface area (Å²) < 4.78 is 6.29.